The zero-order chi connectivity index (χ0) is 16.0. The summed E-state index contributed by atoms with van der Waals surface area (Å²) in [6.45, 7) is 10.5. The van der Waals surface area contributed by atoms with Crippen molar-refractivity contribution in [1.29, 1.82) is 0 Å². The van der Waals surface area contributed by atoms with Crippen molar-refractivity contribution in [2.45, 2.75) is 31.9 Å². The Labute approximate surface area is 142 Å². The van der Waals surface area contributed by atoms with Crippen molar-refractivity contribution in [1.82, 2.24) is 15.2 Å². The van der Waals surface area contributed by atoms with Crippen LogP contribution in [0, 0.1) is 0 Å². The lowest BCUT2D eigenvalue weighted by atomic mass is 10.2. The number of aromatic nitrogens is 1. The number of guanidine groups is 1. The van der Waals surface area contributed by atoms with Crippen LogP contribution < -0.4 is 5.32 Å². The zero-order valence-corrected chi connectivity index (χ0v) is 15.2. The van der Waals surface area contributed by atoms with E-state index < -0.39 is 0 Å². The minimum Gasteiger partial charge on any atom is -0.357 e. The van der Waals surface area contributed by atoms with Crippen molar-refractivity contribution in [3.05, 3.63) is 29.0 Å². The van der Waals surface area contributed by atoms with E-state index in [1.807, 2.05) is 30.1 Å². The first-order valence-electron chi connectivity index (χ1n) is 7.78. The second-order valence-electron chi connectivity index (χ2n) is 6.00. The monoisotopic (exact) mass is 340 g/mol. The van der Waals surface area contributed by atoms with E-state index in [1.165, 1.54) is 5.56 Å². The van der Waals surface area contributed by atoms with Crippen LogP contribution in [-0.2, 0) is 6.42 Å². The molecule has 0 unspecified atom stereocenters. The molecule has 2 heterocycles. The molecule has 1 aromatic heterocycles. The van der Waals surface area contributed by atoms with Gasteiger partial charge in [-0.05, 0) is 38.8 Å². The molecule has 0 amide bonds. The summed E-state index contributed by atoms with van der Waals surface area (Å²) < 4.78 is 0.286. The van der Waals surface area contributed by atoms with Crippen LogP contribution in [0.4, 0.5) is 0 Å². The predicted octanol–water partition coefficient (Wildman–Crippen LogP) is 3.07. The third kappa shape index (κ3) is 5.36. The number of hydrogen-bond acceptors (Lipinski definition) is 3. The highest BCUT2D eigenvalue weighted by Crippen LogP contribution is 2.29. The van der Waals surface area contributed by atoms with Crippen LogP contribution in [0.1, 0.15) is 26.3 Å². The normalized spacial score (nSPS) is 18.4. The van der Waals surface area contributed by atoms with Crippen LogP contribution in [0.3, 0.4) is 0 Å². The van der Waals surface area contributed by atoms with Crippen LogP contribution in [0.15, 0.2) is 23.3 Å². The van der Waals surface area contributed by atoms with Gasteiger partial charge in [-0.25, -0.2) is 4.98 Å². The minimum absolute atomic E-state index is 0.286. The molecule has 6 heteroatoms. The lowest BCUT2D eigenvalue weighted by molar-refractivity contribution is 0.376. The highest BCUT2D eigenvalue weighted by atomic mass is 35.5. The van der Waals surface area contributed by atoms with Gasteiger partial charge in [-0.3, -0.25) is 4.99 Å². The number of pyridine rings is 1. The number of hydrogen-bond donors (Lipinski definition) is 1. The van der Waals surface area contributed by atoms with E-state index in [0.717, 1.165) is 44.3 Å². The largest absolute Gasteiger partial charge is 0.357 e. The van der Waals surface area contributed by atoms with Crippen LogP contribution in [0.5, 0.6) is 0 Å². The number of rotatable bonds is 4. The van der Waals surface area contributed by atoms with Gasteiger partial charge >= 0.3 is 0 Å². The Morgan fingerprint density at radius 3 is 2.95 bits per heavy atom. The van der Waals surface area contributed by atoms with Gasteiger partial charge in [0.2, 0.25) is 0 Å². The fraction of sp³-hybridized carbons (Fsp3) is 0.625. The lowest BCUT2D eigenvalue weighted by Crippen LogP contribution is -2.51. The lowest BCUT2D eigenvalue weighted by Gasteiger charge is -2.39. The number of nitrogens with zero attached hydrogens (tertiary/aromatic N) is 3. The molecular weight excluding hydrogens is 316 g/mol. The highest BCUT2D eigenvalue weighted by molar-refractivity contribution is 8.00. The number of thioether (sulfide) groups is 1. The maximum absolute atomic E-state index is 5.81. The van der Waals surface area contributed by atoms with Gasteiger partial charge in [0.25, 0.3) is 0 Å². The second kappa shape index (κ2) is 8.06. The standard InChI is InChI=1S/C16H25ClN4S/c1-4-18-15(21-9-10-22-16(2,3)12-21)19-8-7-13-5-6-14(17)20-11-13/h5-6,11H,4,7-10,12H2,1-3H3,(H,18,19). The van der Waals surface area contributed by atoms with E-state index >= 15 is 0 Å². The zero-order valence-electron chi connectivity index (χ0n) is 13.6. The van der Waals surface area contributed by atoms with Crippen molar-refractivity contribution >= 4 is 29.3 Å². The molecule has 2 rings (SSSR count). The first-order valence-corrected chi connectivity index (χ1v) is 9.14. The smallest absolute Gasteiger partial charge is 0.193 e. The van der Waals surface area contributed by atoms with Crippen molar-refractivity contribution < 1.29 is 0 Å². The van der Waals surface area contributed by atoms with Gasteiger partial charge in [0.1, 0.15) is 5.15 Å². The molecule has 0 aliphatic carbocycles. The molecule has 122 valence electrons. The first-order chi connectivity index (χ1) is 10.5. The summed E-state index contributed by atoms with van der Waals surface area (Å²) in [4.78, 5) is 11.3. The summed E-state index contributed by atoms with van der Waals surface area (Å²) in [5.74, 6) is 2.18. The molecule has 1 fully saturated rings. The van der Waals surface area contributed by atoms with E-state index in [9.17, 15) is 0 Å². The van der Waals surface area contributed by atoms with Gasteiger partial charge in [-0.15, -0.1) is 0 Å². The Morgan fingerprint density at radius 2 is 2.32 bits per heavy atom. The van der Waals surface area contributed by atoms with E-state index in [1.54, 1.807) is 0 Å². The fourth-order valence-electron chi connectivity index (χ4n) is 2.47. The summed E-state index contributed by atoms with van der Waals surface area (Å²) >= 11 is 7.84. The Hall–Kier alpha value is -0.940. The fourth-order valence-corrected chi connectivity index (χ4v) is 3.69. The molecule has 4 nitrogen and oxygen atoms in total. The molecule has 0 aromatic carbocycles. The van der Waals surface area contributed by atoms with Crippen LogP contribution in [0.25, 0.3) is 0 Å². The number of aliphatic imine (C=N–C) groups is 1. The average molecular weight is 341 g/mol. The van der Waals surface area contributed by atoms with E-state index in [-0.39, 0.29) is 4.75 Å². The van der Waals surface area contributed by atoms with Crippen molar-refractivity contribution in [3.8, 4) is 0 Å². The van der Waals surface area contributed by atoms with E-state index in [4.69, 9.17) is 16.6 Å². The van der Waals surface area contributed by atoms with Crippen LogP contribution in [0.2, 0.25) is 5.15 Å². The van der Waals surface area contributed by atoms with E-state index in [0.29, 0.717) is 5.15 Å². The molecule has 0 atom stereocenters. The van der Waals surface area contributed by atoms with Gasteiger partial charge in [-0.2, -0.15) is 11.8 Å². The molecule has 1 saturated heterocycles. The minimum atomic E-state index is 0.286. The third-order valence-electron chi connectivity index (χ3n) is 3.51. The molecule has 22 heavy (non-hydrogen) atoms. The molecule has 1 aromatic rings. The number of nitrogens with one attached hydrogen (secondary N) is 1. The molecule has 1 aliphatic rings. The topological polar surface area (TPSA) is 40.5 Å². The van der Waals surface area contributed by atoms with Crippen molar-refractivity contribution in [2.75, 3.05) is 31.9 Å². The number of halogens is 1. The van der Waals surface area contributed by atoms with Gasteiger partial charge in [-0.1, -0.05) is 17.7 Å². The Kier molecular flexibility index (Phi) is 6.38. The maximum Gasteiger partial charge on any atom is 0.193 e. The second-order valence-corrected chi connectivity index (χ2v) is 8.19. The van der Waals surface area contributed by atoms with Crippen molar-refractivity contribution in [3.63, 3.8) is 0 Å². The Balaban J connectivity index is 1.96. The maximum atomic E-state index is 5.81. The predicted molar refractivity (Wildman–Crippen MR) is 97.0 cm³/mol. The molecule has 0 spiro atoms. The third-order valence-corrected chi connectivity index (χ3v) is 5.03. The summed E-state index contributed by atoms with van der Waals surface area (Å²) in [5.41, 5.74) is 1.17. The Bertz CT molecular complexity index is 501. The Morgan fingerprint density at radius 1 is 1.50 bits per heavy atom. The molecule has 0 saturated carbocycles. The van der Waals surface area contributed by atoms with E-state index in [2.05, 4.69) is 36.0 Å². The van der Waals surface area contributed by atoms with Crippen LogP contribution in [-0.4, -0.2) is 52.5 Å². The molecule has 1 aliphatic heterocycles. The SMILES string of the molecule is CCNC(=NCCc1ccc(Cl)nc1)N1CCSC(C)(C)C1. The summed E-state index contributed by atoms with van der Waals surface area (Å²) in [5, 5.41) is 3.95. The molecule has 0 radical (unpaired) electrons. The van der Waals surface area contributed by atoms with Gasteiger partial charge in [0, 0.05) is 42.9 Å². The molecule has 1 N–H and O–H groups in total. The van der Waals surface area contributed by atoms with Crippen LogP contribution >= 0.6 is 23.4 Å². The quantitative estimate of drug-likeness (QED) is 0.519. The van der Waals surface area contributed by atoms with Gasteiger partial charge in [0.15, 0.2) is 5.96 Å². The summed E-state index contributed by atoms with van der Waals surface area (Å²) in [6, 6.07) is 3.84. The van der Waals surface area contributed by atoms with Gasteiger partial charge < -0.3 is 10.2 Å². The molecular formula is C16H25ClN4S. The first kappa shape index (κ1) is 17.4. The highest BCUT2D eigenvalue weighted by Gasteiger charge is 2.28. The van der Waals surface area contributed by atoms with Gasteiger partial charge in [0.05, 0.1) is 0 Å². The summed E-state index contributed by atoms with van der Waals surface area (Å²) in [7, 11) is 0. The average Bonchev–Trinajstić information content (AvgIpc) is 2.47. The summed E-state index contributed by atoms with van der Waals surface area (Å²) in [6.07, 6.45) is 2.70. The molecule has 0 bridgehead atoms. The van der Waals surface area contributed by atoms with Crippen molar-refractivity contribution in [2.24, 2.45) is 4.99 Å².